The number of anilines is 1. The molecule has 2 N–H and O–H groups in total. The zero-order chi connectivity index (χ0) is 24.3. The Morgan fingerprint density at radius 1 is 0.971 bits per heavy atom. The topological polar surface area (TPSA) is 94.6 Å². The average molecular weight is 469 g/mol. The Kier molecular flexibility index (Phi) is 6.95. The lowest BCUT2D eigenvalue weighted by Gasteiger charge is -2.37. The van der Waals surface area contributed by atoms with E-state index < -0.39 is 17.7 Å². The Bertz CT molecular complexity index is 1020. The van der Waals surface area contributed by atoms with Crippen LogP contribution in [0.5, 0.6) is 11.5 Å². The molecule has 2 atom stereocenters. The van der Waals surface area contributed by atoms with Gasteiger partial charge in [0.1, 0.15) is 17.0 Å². The number of aliphatic hydroxyl groups excluding tert-OH is 1. The smallest absolute Gasteiger partial charge is 0.325 e. The number of carbonyl (C=O) groups is 2. The van der Waals surface area contributed by atoms with Gasteiger partial charge in [-0.3, -0.25) is 14.6 Å². The molecule has 2 heterocycles. The van der Waals surface area contributed by atoms with Crippen molar-refractivity contribution in [3.8, 4) is 11.5 Å². The highest BCUT2D eigenvalue weighted by Gasteiger charge is 2.49. The Hall–Kier alpha value is -3.30. The van der Waals surface area contributed by atoms with Crippen LogP contribution in [0.1, 0.15) is 12.5 Å². The maximum absolute atomic E-state index is 13.1. The van der Waals surface area contributed by atoms with Crippen molar-refractivity contribution in [1.29, 1.82) is 0 Å². The molecular formula is C25H32N4O5. The van der Waals surface area contributed by atoms with Crippen LogP contribution in [0.15, 0.2) is 48.5 Å². The molecule has 34 heavy (non-hydrogen) atoms. The van der Waals surface area contributed by atoms with Crippen molar-refractivity contribution in [2.75, 3.05) is 58.4 Å². The van der Waals surface area contributed by atoms with Gasteiger partial charge in [-0.05, 0) is 36.8 Å². The lowest BCUT2D eigenvalue weighted by atomic mass is 9.92. The van der Waals surface area contributed by atoms with E-state index in [0.29, 0.717) is 17.9 Å². The van der Waals surface area contributed by atoms with Crippen LogP contribution in [0.4, 0.5) is 10.5 Å². The monoisotopic (exact) mass is 468 g/mol. The van der Waals surface area contributed by atoms with Crippen LogP contribution >= 0.6 is 0 Å². The number of nitrogens with zero attached hydrogens (tertiary/aromatic N) is 3. The van der Waals surface area contributed by atoms with Gasteiger partial charge in [0.25, 0.3) is 5.91 Å². The van der Waals surface area contributed by atoms with E-state index in [9.17, 15) is 14.7 Å². The summed E-state index contributed by atoms with van der Waals surface area (Å²) < 4.78 is 10.6. The molecule has 4 rings (SSSR count). The zero-order valence-electron chi connectivity index (χ0n) is 19.9. The summed E-state index contributed by atoms with van der Waals surface area (Å²) in [5.74, 6) is 1.14. The summed E-state index contributed by atoms with van der Waals surface area (Å²) in [5, 5.41) is 13.5. The number of carbonyl (C=O) groups excluding carboxylic acids is 2. The number of urea groups is 1. The second-order valence-electron chi connectivity index (χ2n) is 8.81. The van der Waals surface area contributed by atoms with E-state index in [-0.39, 0.29) is 12.5 Å². The number of hydrogen-bond donors (Lipinski definition) is 2. The number of rotatable bonds is 8. The van der Waals surface area contributed by atoms with E-state index in [2.05, 4.69) is 15.1 Å². The summed E-state index contributed by atoms with van der Waals surface area (Å²) in [6.07, 6.45) is -0.842. The Morgan fingerprint density at radius 2 is 1.65 bits per heavy atom. The van der Waals surface area contributed by atoms with E-state index >= 15 is 0 Å². The first kappa shape index (κ1) is 23.8. The van der Waals surface area contributed by atoms with Crippen molar-refractivity contribution in [3.63, 3.8) is 0 Å². The minimum absolute atomic E-state index is 0.0524. The second kappa shape index (κ2) is 9.90. The lowest BCUT2D eigenvalue weighted by molar-refractivity contribution is -0.132. The first-order valence-electron chi connectivity index (χ1n) is 11.4. The molecule has 0 bridgehead atoms. The highest BCUT2D eigenvalue weighted by molar-refractivity contribution is 6.07. The predicted octanol–water partition coefficient (Wildman–Crippen LogP) is 1.65. The molecule has 2 aromatic rings. The number of methoxy groups -OCH3 is 2. The first-order chi connectivity index (χ1) is 16.4. The largest absolute Gasteiger partial charge is 0.497 e. The quantitative estimate of drug-likeness (QED) is 0.569. The van der Waals surface area contributed by atoms with E-state index in [1.54, 1.807) is 45.4 Å². The molecule has 0 aromatic heterocycles. The highest BCUT2D eigenvalue weighted by Crippen LogP contribution is 2.31. The average Bonchev–Trinajstić information content (AvgIpc) is 3.08. The van der Waals surface area contributed by atoms with Gasteiger partial charge in [-0.2, -0.15) is 0 Å². The molecular weight excluding hydrogens is 436 g/mol. The Morgan fingerprint density at radius 3 is 2.29 bits per heavy atom. The molecule has 2 aromatic carbocycles. The number of hydrogen-bond acceptors (Lipinski definition) is 7. The van der Waals surface area contributed by atoms with E-state index in [0.717, 1.165) is 42.5 Å². The number of para-hydroxylation sites is 2. The molecule has 0 aliphatic carbocycles. The molecule has 0 saturated carbocycles. The maximum Gasteiger partial charge on any atom is 0.325 e. The summed E-state index contributed by atoms with van der Waals surface area (Å²) in [6, 6.07) is 14.5. The molecule has 2 saturated heterocycles. The van der Waals surface area contributed by atoms with Gasteiger partial charge in [0.15, 0.2) is 0 Å². The third kappa shape index (κ3) is 4.67. The fourth-order valence-electron chi connectivity index (χ4n) is 4.61. The number of benzene rings is 2. The number of nitrogens with one attached hydrogen (secondary N) is 1. The number of amides is 3. The van der Waals surface area contributed by atoms with Gasteiger partial charge in [-0.15, -0.1) is 0 Å². The predicted molar refractivity (Wildman–Crippen MR) is 128 cm³/mol. The molecule has 0 radical (unpaired) electrons. The normalized spacial score (nSPS) is 22.0. The molecule has 2 aliphatic heterocycles. The summed E-state index contributed by atoms with van der Waals surface area (Å²) in [6.45, 7) is 5.13. The fraction of sp³-hybridized carbons (Fsp3) is 0.440. The van der Waals surface area contributed by atoms with Crippen molar-refractivity contribution in [2.45, 2.75) is 18.6 Å². The van der Waals surface area contributed by atoms with Crippen LogP contribution in [0, 0.1) is 0 Å². The number of aliphatic hydroxyl groups is 1. The second-order valence-corrected chi connectivity index (χ2v) is 8.81. The number of ether oxygens (including phenoxy) is 2. The fourth-order valence-corrected chi connectivity index (χ4v) is 4.61. The number of piperazine rings is 1. The van der Waals surface area contributed by atoms with E-state index in [1.165, 1.54) is 0 Å². The van der Waals surface area contributed by atoms with Gasteiger partial charge in [0.2, 0.25) is 0 Å². The van der Waals surface area contributed by atoms with Gasteiger partial charge in [-0.25, -0.2) is 4.79 Å². The van der Waals surface area contributed by atoms with Gasteiger partial charge >= 0.3 is 6.03 Å². The third-order valence-electron chi connectivity index (χ3n) is 6.60. The van der Waals surface area contributed by atoms with Crippen LogP contribution in [-0.4, -0.2) is 86.4 Å². The highest BCUT2D eigenvalue weighted by atomic mass is 16.5. The SMILES string of the molecule is COc1ccc(C2(C)NC(=O)N(CC(O)CN3CCN(c4ccccc4OC)CC3)C2=O)cc1. The van der Waals surface area contributed by atoms with Crippen molar-refractivity contribution in [2.24, 2.45) is 0 Å². The molecule has 2 aliphatic rings. The van der Waals surface area contributed by atoms with E-state index in [4.69, 9.17) is 9.47 Å². The minimum Gasteiger partial charge on any atom is -0.497 e. The van der Waals surface area contributed by atoms with Crippen molar-refractivity contribution in [3.05, 3.63) is 54.1 Å². The molecule has 9 nitrogen and oxygen atoms in total. The van der Waals surface area contributed by atoms with Crippen molar-refractivity contribution in [1.82, 2.24) is 15.1 Å². The standard InChI is InChI=1S/C25H32N4O5/c1-25(18-8-10-20(33-2)11-9-18)23(31)29(24(32)26-25)17-19(30)16-27-12-14-28(15-13-27)21-6-4-5-7-22(21)34-3/h4-11,19,30H,12-17H2,1-3H3,(H,26,32). The summed E-state index contributed by atoms with van der Waals surface area (Å²) in [5.41, 5.74) is 0.544. The molecule has 9 heteroatoms. The molecule has 182 valence electrons. The Labute approximate surface area is 199 Å². The molecule has 2 unspecified atom stereocenters. The molecule has 3 amide bonds. The van der Waals surface area contributed by atoms with Gasteiger partial charge in [0, 0.05) is 32.7 Å². The van der Waals surface area contributed by atoms with Gasteiger partial charge in [0.05, 0.1) is 32.6 Å². The summed E-state index contributed by atoms with van der Waals surface area (Å²) >= 11 is 0. The van der Waals surface area contributed by atoms with Crippen LogP contribution in [-0.2, 0) is 10.3 Å². The minimum atomic E-state index is -1.18. The van der Waals surface area contributed by atoms with Crippen molar-refractivity contribution < 1.29 is 24.2 Å². The first-order valence-corrected chi connectivity index (χ1v) is 11.4. The molecule has 0 spiro atoms. The summed E-state index contributed by atoms with van der Waals surface area (Å²) in [4.78, 5) is 31.3. The lowest BCUT2D eigenvalue weighted by Crippen LogP contribution is -2.50. The van der Waals surface area contributed by atoms with Crippen LogP contribution < -0.4 is 19.7 Å². The van der Waals surface area contributed by atoms with Crippen LogP contribution in [0.3, 0.4) is 0 Å². The zero-order valence-corrected chi connectivity index (χ0v) is 19.9. The van der Waals surface area contributed by atoms with E-state index in [1.807, 2.05) is 24.3 Å². The van der Waals surface area contributed by atoms with Gasteiger partial charge in [-0.1, -0.05) is 24.3 Å². The Balaban J connectivity index is 1.33. The maximum atomic E-state index is 13.1. The van der Waals surface area contributed by atoms with Crippen LogP contribution in [0.2, 0.25) is 0 Å². The van der Waals surface area contributed by atoms with Crippen molar-refractivity contribution >= 4 is 17.6 Å². The number of imide groups is 1. The number of β-amino-alcohol motifs (C(OH)–C–C–N with tert-alkyl or cyclic N) is 1. The molecule has 2 fully saturated rings. The van der Waals surface area contributed by atoms with Crippen LogP contribution in [0.25, 0.3) is 0 Å². The van der Waals surface area contributed by atoms with Gasteiger partial charge < -0.3 is 24.8 Å². The summed E-state index contributed by atoms with van der Waals surface area (Å²) in [7, 11) is 3.24. The third-order valence-corrected chi connectivity index (χ3v) is 6.60.